The van der Waals surface area contributed by atoms with Crippen molar-refractivity contribution in [3.63, 3.8) is 0 Å². The number of sulfonamides is 1. The van der Waals surface area contributed by atoms with Gasteiger partial charge in [-0.2, -0.15) is 0 Å². The van der Waals surface area contributed by atoms with Crippen LogP contribution < -0.4 is 4.31 Å². The van der Waals surface area contributed by atoms with Gasteiger partial charge in [-0.25, -0.2) is 8.42 Å². The molecule has 22 heavy (non-hydrogen) atoms. The van der Waals surface area contributed by atoms with Gasteiger partial charge in [-0.05, 0) is 37.1 Å². The summed E-state index contributed by atoms with van der Waals surface area (Å²) < 4.78 is 27.5. The van der Waals surface area contributed by atoms with E-state index in [-0.39, 0.29) is 26.0 Å². The van der Waals surface area contributed by atoms with E-state index in [2.05, 4.69) is 0 Å². The Kier molecular flexibility index (Phi) is 4.06. The van der Waals surface area contributed by atoms with Crippen LogP contribution in [0, 0.1) is 0 Å². The predicted molar refractivity (Wildman–Crippen MR) is 90.7 cm³/mol. The van der Waals surface area contributed by atoms with Crippen LogP contribution in [0.15, 0.2) is 41.3 Å². The summed E-state index contributed by atoms with van der Waals surface area (Å²) in [6.07, 6.45) is 0.661. The quantitative estimate of drug-likeness (QED) is 0.707. The molecule has 0 fully saturated rings. The molecule has 0 saturated heterocycles. The fourth-order valence-corrected chi connectivity index (χ4v) is 5.38. The lowest BCUT2D eigenvalue weighted by Gasteiger charge is -2.25. The largest absolute Gasteiger partial charge is 0.266 e. The van der Waals surface area contributed by atoms with Gasteiger partial charge in [0.1, 0.15) is 4.90 Å². The van der Waals surface area contributed by atoms with E-state index in [1.54, 1.807) is 6.07 Å². The molecule has 1 atom stereocenters. The summed E-state index contributed by atoms with van der Waals surface area (Å²) in [6.45, 7) is 1.86. The highest BCUT2D eigenvalue weighted by atomic mass is 35.5. The molecule has 3 nitrogen and oxygen atoms in total. The van der Waals surface area contributed by atoms with Gasteiger partial charge in [0.25, 0.3) is 10.0 Å². The summed E-state index contributed by atoms with van der Waals surface area (Å²) in [4.78, 5) is -0.0351. The highest BCUT2D eigenvalue weighted by Gasteiger charge is 2.37. The van der Waals surface area contributed by atoms with Gasteiger partial charge in [0, 0.05) is 6.04 Å². The molecule has 1 aliphatic heterocycles. The third-order valence-electron chi connectivity index (χ3n) is 3.66. The summed E-state index contributed by atoms with van der Waals surface area (Å²) in [6, 6.07) is 9.90. The fraction of sp³-hybridized carbons (Fsp3) is 0.200. The van der Waals surface area contributed by atoms with Gasteiger partial charge < -0.3 is 0 Å². The normalized spacial score (nSPS) is 17.6. The van der Waals surface area contributed by atoms with Crippen molar-refractivity contribution >= 4 is 50.5 Å². The highest BCUT2D eigenvalue weighted by Crippen LogP contribution is 2.39. The van der Waals surface area contributed by atoms with E-state index in [4.69, 9.17) is 34.8 Å². The lowest BCUT2D eigenvalue weighted by Crippen LogP contribution is -2.35. The number of halogens is 3. The van der Waals surface area contributed by atoms with E-state index in [0.29, 0.717) is 12.1 Å². The number of hydrogen-bond donors (Lipinski definition) is 0. The van der Waals surface area contributed by atoms with E-state index in [0.717, 1.165) is 5.56 Å². The molecule has 3 rings (SSSR count). The number of fused-ring (bicyclic) bond motifs is 1. The van der Waals surface area contributed by atoms with Gasteiger partial charge in [0.05, 0.1) is 20.8 Å². The van der Waals surface area contributed by atoms with Crippen LogP contribution in [0.1, 0.15) is 12.5 Å². The Morgan fingerprint density at radius 3 is 2.41 bits per heavy atom. The van der Waals surface area contributed by atoms with Gasteiger partial charge in [0.15, 0.2) is 0 Å². The zero-order valence-corrected chi connectivity index (χ0v) is 14.6. The number of nitrogens with zero attached hydrogens (tertiary/aromatic N) is 1. The number of para-hydroxylation sites is 1. The van der Waals surface area contributed by atoms with Crippen molar-refractivity contribution in [3.8, 4) is 0 Å². The molecule has 0 saturated carbocycles. The SMILES string of the molecule is C[C@@H]1Cc2ccccc2N1S(=O)(=O)c1cc(Cl)c(Cl)cc1Cl. The van der Waals surface area contributed by atoms with E-state index in [1.165, 1.54) is 16.4 Å². The monoisotopic (exact) mass is 375 g/mol. The maximum Gasteiger partial charge on any atom is 0.266 e. The first-order valence-electron chi connectivity index (χ1n) is 6.59. The molecule has 0 unspecified atom stereocenters. The third-order valence-corrected chi connectivity index (χ3v) is 6.77. The van der Waals surface area contributed by atoms with Crippen LogP contribution in [0.5, 0.6) is 0 Å². The summed E-state index contributed by atoms with van der Waals surface area (Å²) in [7, 11) is -3.81. The topological polar surface area (TPSA) is 37.4 Å². The maximum absolute atomic E-state index is 13.0. The molecule has 0 aliphatic carbocycles. The molecule has 2 aromatic carbocycles. The second-order valence-corrected chi connectivity index (χ2v) is 8.18. The average Bonchev–Trinajstić information content (AvgIpc) is 2.79. The molecule has 1 heterocycles. The Morgan fingerprint density at radius 2 is 1.68 bits per heavy atom. The molecule has 7 heteroatoms. The van der Waals surface area contributed by atoms with Crippen molar-refractivity contribution in [2.24, 2.45) is 0 Å². The van der Waals surface area contributed by atoms with Gasteiger partial charge in [-0.15, -0.1) is 0 Å². The van der Waals surface area contributed by atoms with Crippen molar-refractivity contribution in [2.45, 2.75) is 24.3 Å². The molecule has 0 radical (unpaired) electrons. The second-order valence-electron chi connectivity index (χ2n) is 5.18. The summed E-state index contributed by atoms with van der Waals surface area (Å²) >= 11 is 17.9. The molecule has 0 N–H and O–H groups in total. The van der Waals surface area contributed by atoms with Gasteiger partial charge >= 0.3 is 0 Å². The van der Waals surface area contributed by atoms with E-state index < -0.39 is 10.0 Å². The van der Waals surface area contributed by atoms with Crippen LogP contribution in [0.25, 0.3) is 0 Å². The van der Waals surface area contributed by atoms with Crippen molar-refractivity contribution in [1.82, 2.24) is 0 Å². The minimum Gasteiger partial charge on any atom is -0.263 e. The van der Waals surface area contributed by atoms with Gasteiger partial charge in [0.2, 0.25) is 0 Å². The molecule has 0 aromatic heterocycles. The first kappa shape index (κ1) is 15.9. The van der Waals surface area contributed by atoms with Crippen LogP contribution in [0.3, 0.4) is 0 Å². The molecule has 0 spiro atoms. The van der Waals surface area contributed by atoms with E-state index in [9.17, 15) is 8.42 Å². The Labute approximate surface area is 144 Å². The molecular formula is C15H12Cl3NO2S. The fourth-order valence-electron chi connectivity index (χ4n) is 2.71. The zero-order valence-electron chi connectivity index (χ0n) is 11.6. The average molecular weight is 377 g/mol. The minimum absolute atomic E-state index is 0.0351. The Morgan fingerprint density at radius 1 is 1.05 bits per heavy atom. The maximum atomic E-state index is 13.0. The number of anilines is 1. The minimum atomic E-state index is -3.81. The number of rotatable bonds is 2. The summed E-state index contributed by atoms with van der Waals surface area (Å²) in [5.74, 6) is 0. The van der Waals surface area contributed by atoms with Crippen LogP contribution in [0.2, 0.25) is 15.1 Å². The molecule has 2 aromatic rings. The van der Waals surface area contributed by atoms with Crippen molar-refractivity contribution in [3.05, 3.63) is 57.0 Å². The van der Waals surface area contributed by atoms with Crippen LogP contribution >= 0.6 is 34.8 Å². The highest BCUT2D eigenvalue weighted by molar-refractivity contribution is 7.93. The zero-order chi connectivity index (χ0) is 16.1. The molecule has 1 aliphatic rings. The van der Waals surface area contributed by atoms with Crippen LogP contribution in [0.4, 0.5) is 5.69 Å². The van der Waals surface area contributed by atoms with Gasteiger partial charge in [-0.1, -0.05) is 53.0 Å². The van der Waals surface area contributed by atoms with E-state index >= 15 is 0 Å². The van der Waals surface area contributed by atoms with Crippen molar-refractivity contribution < 1.29 is 8.42 Å². The number of benzene rings is 2. The first-order valence-corrected chi connectivity index (χ1v) is 9.16. The standard InChI is InChI=1S/C15H12Cl3NO2S/c1-9-6-10-4-2-3-5-14(10)19(9)22(20,21)15-8-12(17)11(16)7-13(15)18/h2-5,7-9H,6H2,1H3/t9-/m1/s1. The Bertz CT molecular complexity index is 852. The van der Waals surface area contributed by atoms with E-state index in [1.807, 2.05) is 25.1 Å². The lowest BCUT2D eigenvalue weighted by molar-refractivity contribution is 0.584. The third kappa shape index (κ3) is 2.48. The molecular weight excluding hydrogens is 365 g/mol. The van der Waals surface area contributed by atoms with Crippen molar-refractivity contribution in [1.29, 1.82) is 0 Å². The molecule has 0 bridgehead atoms. The van der Waals surface area contributed by atoms with Crippen LogP contribution in [-0.4, -0.2) is 14.5 Å². The van der Waals surface area contributed by atoms with Crippen molar-refractivity contribution in [2.75, 3.05) is 4.31 Å². The van der Waals surface area contributed by atoms with Gasteiger partial charge in [-0.3, -0.25) is 4.31 Å². The first-order chi connectivity index (χ1) is 10.3. The summed E-state index contributed by atoms with van der Waals surface area (Å²) in [5.41, 5.74) is 1.67. The Balaban J connectivity index is 2.17. The molecule has 0 amide bonds. The summed E-state index contributed by atoms with van der Waals surface area (Å²) in [5, 5.41) is 0.441. The molecule has 116 valence electrons. The van der Waals surface area contributed by atoms with Crippen LogP contribution in [-0.2, 0) is 16.4 Å². The lowest BCUT2D eigenvalue weighted by atomic mass is 10.1. The number of hydrogen-bond acceptors (Lipinski definition) is 2. The Hall–Kier alpha value is -0.940. The predicted octanol–water partition coefficient (Wildman–Crippen LogP) is 4.79. The second kappa shape index (κ2) is 5.60. The smallest absolute Gasteiger partial charge is 0.263 e.